The summed E-state index contributed by atoms with van der Waals surface area (Å²) in [6.45, 7) is 11.6. The van der Waals surface area contributed by atoms with Crippen LogP contribution in [0.5, 0.6) is 5.75 Å². The van der Waals surface area contributed by atoms with Crippen LogP contribution in [0.4, 0.5) is 4.79 Å². The predicted molar refractivity (Wildman–Crippen MR) is 116 cm³/mol. The number of unbranched alkanes of at least 4 members (excludes halogenated alkanes) is 2. The maximum absolute atomic E-state index is 11.8. The van der Waals surface area contributed by atoms with Gasteiger partial charge in [0.1, 0.15) is 17.5 Å². The van der Waals surface area contributed by atoms with Gasteiger partial charge in [-0.05, 0) is 51.5 Å². The molecule has 0 aliphatic carbocycles. The second kappa shape index (κ2) is 14.7. The molecule has 1 amide bonds. The number of ether oxygens (including phenoxy) is 2. The van der Waals surface area contributed by atoms with Crippen LogP contribution in [-0.4, -0.2) is 47.3 Å². The number of hydrogen-bond acceptors (Lipinski definition) is 5. The lowest BCUT2D eigenvalue weighted by Crippen LogP contribution is -2.47. The zero-order chi connectivity index (χ0) is 22.3. The van der Waals surface area contributed by atoms with Gasteiger partial charge in [-0.1, -0.05) is 45.5 Å². The zero-order valence-corrected chi connectivity index (χ0v) is 18.6. The molecule has 164 valence electrons. The summed E-state index contributed by atoms with van der Waals surface area (Å²) < 4.78 is 10.7. The predicted octanol–water partition coefficient (Wildman–Crippen LogP) is 3.88. The average Bonchev–Trinajstić information content (AvgIpc) is 2.68. The van der Waals surface area contributed by atoms with E-state index in [4.69, 9.17) is 9.47 Å². The van der Waals surface area contributed by atoms with Crippen LogP contribution in [0.25, 0.3) is 0 Å². The van der Waals surface area contributed by atoms with Crippen LogP contribution in [0, 0.1) is 11.8 Å². The topological polar surface area (TPSA) is 88.0 Å². The summed E-state index contributed by atoms with van der Waals surface area (Å²) in [4.78, 5) is 11.8. The third kappa shape index (κ3) is 12.8. The molecule has 2 atom stereocenters. The van der Waals surface area contributed by atoms with Crippen LogP contribution in [0.15, 0.2) is 24.3 Å². The van der Waals surface area contributed by atoms with Gasteiger partial charge in [-0.3, -0.25) is 0 Å². The number of alkyl carbamates (subject to hydrolysis) is 1. The fraction of sp³-hybridized carbons (Fsp3) is 0.609. The van der Waals surface area contributed by atoms with Crippen LogP contribution in [0.3, 0.4) is 0 Å². The number of aliphatic hydroxyl groups is 2. The summed E-state index contributed by atoms with van der Waals surface area (Å²) in [6.07, 6.45) is 1.37. The van der Waals surface area contributed by atoms with Crippen molar-refractivity contribution in [1.29, 1.82) is 0 Å². The SMILES string of the molecule is CC.CCCCCOc1ccc(C#C[C@H](O)C(CO)NC(=O)OC(C)(C)C)cc1. The van der Waals surface area contributed by atoms with Crippen LogP contribution >= 0.6 is 0 Å². The van der Waals surface area contributed by atoms with Crippen LogP contribution in [0.2, 0.25) is 0 Å². The zero-order valence-electron chi connectivity index (χ0n) is 18.6. The Bertz CT molecular complexity index is 625. The number of amides is 1. The first-order valence-electron chi connectivity index (χ1n) is 10.3. The third-order valence-electron chi connectivity index (χ3n) is 3.52. The van der Waals surface area contributed by atoms with Crippen molar-refractivity contribution >= 4 is 6.09 Å². The Kier molecular flexibility index (Phi) is 13.6. The summed E-state index contributed by atoms with van der Waals surface area (Å²) in [5.41, 5.74) is 0.0325. The first-order chi connectivity index (χ1) is 13.7. The molecule has 1 aromatic carbocycles. The Morgan fingerprint density at radius 3 is 2.31 bits per heavy atom. The maximum Gasteiger partial charge on any atom is 0.408 e. The standard InChI is InChI=1S/C21H31NO5.C2H6/c1-5-6-7-14-26-17-11-8-16(9-12-17)10-13-19(24)18(15-23)22-20(25)27-21(2,3)4;1-2/h8-9,11-12,18-19,23-24H,5-7,14-15H2,1-4H3,(H,22,25);1-2H3/t18?,19-;/m0./s1. The van der Waals surface area contributed by atoms with E-state index < -0.39 is 30.4 Å². The van der Waals surface area contributed by atoms with Crippen molar-refractivity contribution < 1.29 is 24.5 Å². The summed E-state index contributed by atoms with van der Waals surface area (Å²) in [6, 6.07) is 6.30. The van der Waals surface area contributed by atoms with Crippen molar-refractivity contribution in [2.75, 3.05) is 13.2 Å². The number of hydrogen-bond donors (Lipinski definition) is 3. The molecule has 1 unspecified atom stereocenters. The molecule has 0 radical (unpaired) electrons. The first kappa shape index (κ1) is 26.8. The van der Waals surface area contributed by atoms with Gasteiger partial charge in [-0.25, -0.2) is 4.79 Å². The molecule has 3 N–H and O–H groups in total. The van der Waals surface area contributed by atoms with E-state index in [1.165, 1.54) is 0 Å². The second-order valence-corrected chi connectivity index (χ2v) is 7.23. The molecule has 1 rings (SSSR count). The molecule has 0 spiro atoms. The fourth-order valence-corrected chi connectivity index (χ4v) is 2.12. The van der Waals surface area contributed by atoms with E-state index in [1.807, 2.05) is 26.0 Å². The average molecular weight is 408 g/mol. The van der Waals surface area contributed by atoms with Crippen LogP contribution in [-0.2, 0) is 4.74 Å². The highest BCUT2D eigenvalue weighted by Crippen LogP contribution is 2.12. The minimum absolute atomic E-state index is 0.459. The molecule has 0 aliphatic rings. The van der Waals surface area contributed by atoms with Crippen LogP contribution in [0.1, 0.15) is 66.4 Å². The van der Waals surface area contributed by atoms with Gasteiger partial charge in [-0.2, -0.15) is 0 Å². The number of carbonyl (C=O) groups is 1. The molecular weight excluding hydrogens is 370 g/mol. The first-order valence-corrected chi connectivity index (χ1v) is 10.3. The van der Waals surface area contributed by atoms with E-state index in [2.05, 4.69) is 24.1 Å². The lowest BCUT2D eigenvalue weighted by Gasteiger charge is -2.23. The number of rotatable bonds is 8. The lowest BCUT2D eigenvalue weighted by molar-refractivity contribution is 0.0413. The molecule has 6 nitrogen and oxygen atoms in total. The van der Waals surface area contributed by atoms with E-state index in [9.17, 15) is 15.0 Å². The Morgan fingerprint density at radius 2 is 1.79 bits per heavy atom. The van der Waals surface area contributed by atoms with E-state index in [1.54, 1.807) is 32.9 Å². The number of carbonyl (C=O) groups excluding carboxylic acids is 1. The molecule has 29 heavy (non-hydrogen) atoms. The summed E-state index contributed by atoms with van der Waals surface area (Å²) >= 11 is 0. The van der Waals surface area contributed by atoms with Crippen molar-refractivity contribution in [3.05, 3.63) is 29.8 Å². The Labute approximate surface area is 175 Å². The lowest BCUT2D eigenvalue weighted by atomic mass is 10.1. The summed E-state index contributed by atoms with van der Waals surface area (Å²) in [5, 5.41) is 21.9. The molecule has 0 bridgehead atoms. The van der Waals surface area contributed by atoms with Gasteiger partial charge < -0.3 is 25.0 Å². The molecule has 0 saturated heterocycles. The smallest absolute Gasteiger partial charge is 0.408 e. The molecule has 0 fully saturated rings. The molecular formula is C23H37NO5. The Morgan fingerprint density at radius 1 is 1.17 bits per heavy atom. The third-order valence-corrected chi connectivity index (χ3v) is 3.52. The largest absolute Gasteiger partial charge is 0.494 e. The Balaban J connectivity index is 0.00000379. The highest BCUT2D eigenvalue weighted by Gasteiger charge is 2.22. The maximum atomic E-state index is 11.8. The number of nitrogens with one attached hydrogen (secondary N) is 1. The molecule has 6 heteroatoms. The number of aliphatic hydroxyl groups excluding tert-OH is 2. The van der Waals surface area contributed by atoms with Crippen molar-refractivity contribution in [3.8, 4) is 17.6 Å². The van der Waals surface area contributed by atoms with Gasteiger partial charge in [-0.15, -0.1) is 0 Å². The van der Waals surface area contributed by atoms with Gasteiger partial charge in [0.05, 0.1) is 19.3 Å². The molecule has 1 aromatic rings. The monoisotopic (exact) mass is 407 g/mol. The van der Waals surface area contributed by atoms with Gasteiger partial charge in [0.25, 0.3) is 0 Å². The normalized spacial score (nSPS) is 12.4. The quantitative estimate of drug-likeness (QED) is 0.450. The van der Waals surface area contributed by atoms with Gasteiger partial charge >= 0.3 is 6.09 Å². The fourth-order valence-electron chi connectivity index (χ4n) is 2.12. The minimum atomic E-state index is -1.23. The van der Waals surface area contributed by atoms with Crippen molar-refractivity contribution in [2.45, 2.75) is 78.6 Å². The van der Waals surface area contributed by atoms with E-state index in [-0.39, 0.29) is 0 Å². The van der Waals surface area contributed by atoms with Gasteiger partial charge in [0, 0.05) is 5.56 Å². The second-order valence-electron chi connectivity index (χ2n) is 7.23. The van der Waals surface area contributed by atoms with E-state index in [0.29, 0.717) is 12.2 Å². The van der Waals surface area contributed by atoms with E-state index in [0.717, 1.165) is 25.0 Å². The molecule has 0 heterocycles. The number of benzene rings is 1. The van der Waals surface area contributed by atoms with E-state index >= 15 is 0 Å². The highest BCUT2D eigenvalue weighted by atomic mass is 16.6. The minimum Gasteiger partial charge on any atom is -0.494 e. The summed E-state index contributed by atoms with van der Waals surface area (Å²) in [7, 11) is 0. The molecule has 0 aromatic heterocycles. The molecule has 0 saturated carbocycles. The van der Waals surface area contributed by atoms with Gasteiger partial charge in [0.15, 0.2) is 0 Å². The van der Waals surface area contributed by atoms with Crippen molar-refractivity contribution in [3.63, 3.8) is 0 Å². The van der Waals surface area contributed by atoms with Crippen molar-refractivity contribution in [2.24, 2.45) is 0 Å². The Hall–Kier alpha value is -2.23. The molecule has 0 aliphatic heterocycles. The summed E-state index contributed by atoms with van der Waals surface area (Å²) in [5.74, 6) is 6.23. The van der Waals surface area contributed by atoms with Crippen LogP contribution < -0.4 is 10.1 Å². The highest BCUT2D eigenvalue weighted by molar-refractivity contribution is 5.68. The van der Waals surface area contributed by atoms with Crippen molar-refractivity contribution in [1.82, 2.24) is 5.32 Å². The van der Waals surface area contributed by atoms with Gasteiger partial charge in [0.2, 0.25) is 0 Å².